The number of benzene rings is 1. The van der Waals surface area contributed by atoms with Gasteiger partial charge in [-0.2, -0.15) is 5.10 Å². The van der Waals surface area contributed by atoms with Gasteiger partial charge in [0.05, 0.1) is 4.92 Å². The van der Waals surface area contributed by atoms with Crippen LogP contribution in [0.25, 0.3) is 10.9 Å². The molecule has 14 heavy (non-hydrogen) atoms. The molecule has 1 aromatic carbocycles. The second-order valence-corrected chi connectivity index (χ2v) is 2.69. The van der Waals surface area contributed by atoms with Crippen LogP contribution in [-0.2, 0) is 0 Å². The molecule has 0 fully saturated rings. The van der Waals surface area contributed by atoms with Gasteiger partial charge < -0.3 is 0 Å². The average molecular weight is 191 g/mol. The van der Waals surface area contributed by atoms with Gasteiger partial charge in [-0.3, -0.25) is 20.0 Å². The van der Waals surface area contributed by atoms with Crippen molar-refractivity contribution >= 4 is 22.9 Å². The minimum Gasteiger partial charge on any atom is -0.296 e. The highest BCUT2D eigenvalue weighted by molar-refractivity contribution is 5.98. The van der Waals surface area contributed by atoms with Crippen molar-refractivity contribution in [3.8, 4) is 0 Å². The average Bonchev–Trinajstić information content (AvgIpc) is 2.59. The summed E-state index contributed by atoms with van der Waals surface area (Å²) in [7, 11) is 0. The summed E-state index contributed by atoms with van der Waals surface area (Å²) in [4.78, 5) is 20.6. The largest absolute Gasteiger partial charge is 0.297 e. The second-order valence-electron chi connectivity index (χ2n) is 2.69. The highest BCUT2D eigenvalue weighted by atomic mass is 16.6. The maximum absolute atomic E-state index is 10.6. The van der Waals surface area contributed by atoms with Gasteiger partial charge in [-0.15, -0.1) is 0 Å². The fraction of sp³-hybridized carbons (Fsp3) is 0. The lowest BCUT2D eigenvalue weighted by Crippen LogP contribution is -1.88. The zero-order valence-electron chi connectivity index (χ0n) is 6.93. The van der Waals surface area contributed by atoms with Gasteiger partial charge >= 0.3 is 0 Å². The summed E-state index contributed by atoms with van der Waals surface area (Å²) in [5, 5.41) is 17.2. The number of carbonyl (C=O) groups is 1. The number of para-hydroxylation sites is 1. The van der Waals surface area contributed by atoms with Gasteiger partial charge in [-0.1, -0.05) is 6.07 Å². The first-order chi connectivity index (χ1) is 6.74. The van der Waals surface area contributed by atoms with E-state index in [0.717, 1.165) is 0 Å². The lowest BCUT2D eigenvalue weighted by molar-refractivity contribution is -0.383. The molecular formula is C8H5N3O3. The standard InChI is InChI=1S/C8H5N3O3/c12-4-6-5-2-1-3-7(11(13)14)8(5)10-9-6/h1-4H,(H,9,10). The molecule has 0 aliphatic heterocycles. The summed E-state index contributed by atoms with van der Waals surface area (Å²) in [6, 6.07) is 4.47. The second kappa shape index (κ2) is 2.91. The minimum absolute atomic E-state index is 0.105. The van der Waals surface area contributed by atoms with Gasteiger partial charge in [0, 0.05) is 11.5 Å². The molecule has 1 heterocycles. The monoisotopic (exact) mass is 191 g/mol. The summed E-state index contributed by atoms with van der Waals surface area (Å²) in [6.45, 7) is 0. The number of H-pyrrole nitrogens is 1. The zero-order valence-corrected chi connectivity index (χ0v) is 6.93. The summed E-state index contributed by atoms with van der Waals surface area (Å²) >= 11 is 0. The number of nitro groups is 1. The topological polar surface area (TPSA) is 88.9 Å². The third kappa shape index (κ3) is 1.05. The van der Waals surface area contributed by atoms with Crippen molar-refractivity contribution in [2.45, 2.75) is 0 Å². The fourth-order valence-corrected chi connectivity index (χ4v) is 1.28. The number of aromatic amines is 1. The first kappa shape index (κ1) is 8.36. The van der Waals surface area contributed by atoms with E-state index in [4.69, 9.17) is 0 Å². The number of carbonyl (C=O) groups excluding carboxylic acids is 1. The van der Waals surface area contributed by atoms with Crippen LogP contribution in [0.3, 0.4) is 0 Å². The van der Waals surface area contributed by atoms with E-state index < -0.39 is 4.92 Å². The van der Waals surface area contributed by atoms with Gasteiger partial charge in [0.25, 0.3) is 5.69 Å². The maximum Gasteiger partial charge on any atom is 0.297 e. The molecule has 1 N–H and O–H groups in total. The molecule has 0 atom stereocenters. The quantitative estimate of drug-likeness (QED) is 0.440. The van der Waals surface area contributed by atoms with Gasteiger partial charge in [-0.25, -0.2) is 0 Å². The first-order valence-corrected chi connectivity index (χ1v) is 3.80. The number of nitrogens with zero attached hydrogens (tertiary/aromatic N) is 2. The Morgan fingerprint density at radius 2 is 2.29 bits per heavy atom. The van der Waals surface area contributed by atoms with Gasteiger partial charge in [0.15, 0.2) is 11.8 Å². The molecule has 2 rings (SSSR count). The first-order valence-electron chi connectivity index (χ1n) is 3.80. The number of hydrogen-bond acceptors (Lipinski definition) is 4. The predicted octanol–water partition coefficient (Wildman–Crippen LogP) is 1.28. The summed E-state index contributed by atoms with van der Waals surface area (Å²) in [5.41, 5.74) is 0.357. The van der Waals surface area contributed by atoms with Crippen LogP contribution in [0.1, 0.15) is 10.5 Å². The SMILES string of the molecule is O=Cc1[nH]nc2c([N+](=O)[O-])cccc12. The van der Waals surface area contributed by atoms with Crippen LogP contribution < -0.4 is 0 Å². The molecule has 70 valence electrons. The number of hydrogen-bond donors (Lipinski definition) is 1. The molecule has 1 aromatic heterocycles. The smallest absolute Gasteiger partial charge is 0.296 e. The summed E-state index contributed by atoms with van der Waals surface area (Å²) < 4.78 is 0. The molecule has 6 heteroatoms. The van der Waals surface area contributed by atoms with Crippen molar-refractivity contribution in [2.75, 3.05) is 0 Å². The van der Waals surface area contributed by atoms with Crippen LogP contribution in [-0.4, -0.2) is 21.4 Å². The highest BCUT2D eigenvalue weighted by Gasteiger charge is 2.15. The van der Waals surface area contributed by atoms with Crippen LogP contribution in [0.5, 0.6) is 0 Å². The van der Waals surface area contributed by atoms with Crippen LogP contribution in [0.4, 0.5) is 5.69 Å². The van der Waals surface area contributed by atoms with E-state index in [9.17, 15) is 14.9 Å². The number of aromatic nitrogens is 2. The van der Waals surface area contributed by atoms with Crippen molar-refractivity contribution in [1.29, 1.82) is 0 Å². The predicted molar refractivity (Wildman–Crippen MR) is 48.1 cm³/mol. The van der Waals surface area contributed by atoms with E-state index >= 15 is 0 Å². The molecule has 6 nitrogen and oxygen atoms in total. The van der Waals surface area contributed by atoms with E-state index in [1.807, 2.05) is 0 Å². The van der Waals surface area contributed by atoms with Gasteiger partial charge in [0.2, 0.25) is 0 Å². The highest BCUT2D eigenvalue weighted by Crippen LogP contribution is 2.24. The molecule has 0 unspecified atom stereocenters. The molecule has 0 aliphatic carbocycles. The Morgan fingerprint density at radius 1 is 1.50 bits per heavy atom. The number of fused-ring (bicyclic) bond motifs is 1. The Kier molecular flexibility index (Phi) is 1.74. The number of rotatable bonds is 2. The van der Waals surface area contributed by atoms with Crippen molar-refractivity contribution in [1.82, 2.24) is 10.2 Å². The molecule has 0 bridgehead atoms. The zero-order chi connectivity index (χ0) is 10.1. The number of nitro benzene ring substituents is 1. The number of aldehydes is 1. The minimum atomic E-state index is -0.530. The van der Waals surface area contributed by atoms with Crippen LogP contribution >= 0.6 is 0 Å². The Bertz CT molecular complexity index is 518. The van der Waals surface area contributed by atoms with Crippen LogP contribution in [0, 0.1) is 10.1 Å². The third-order valence-electron chi connectivity index (χ3n) is 1.91. The fourth-order valence-electron chi connectivity index (χ4n) is 1.28. The van der Waals surface area contributed by atoms with Crippen molar-refractivity contribution in [3.63, 3.8) is 0 Å². The van der Waals surface area contributed by atoms with E-state index in [1.54, 1.807) is 6.07 Å². The Labute approximate surface area is 77.7 Å². The number of non-ortho nitro benzene ring substituents is 1. The molecule has 2 aromatic rings. The van der Waals surface area contributed by atoms with Crippen LogP contribution in [0.15, 0.2) is 18.2 Å². The summed E-state index contributed by atoms with van der Waals surface area (Å²) in [6.07, 6.45) is 0.582. The molecule has 0 saturated carbocycles. The Hall–Kier alpha value is -2.24. The van der Waals surface area contributed by atoms with Crippen molar-refractivity contribution in [2.24, 2.45) is 0 Å². The van der Waals surface area contributed by atoms with Gasteiger partial charge in [-0.05, 0) is 6.07 Å². The molecular weight excluding hydrogens is 186 g/mol. The molecule has 0 spiro atoms. The summed E-state index contributed by atoms with van der Waals surface area (Å²) in [5.74, 6) is 0. The van der Waals surface area contributed by atoms with E-state index in [0.29, 0.717) is 11.7 Å². The van der Waals surface area contributed by atoms with Crippen molar-refractivity contribution in [3.05, 3.63) is 34.0 Å². The molecule has 0 amide bonds. The molecule has 0 radical (unpaired) electrons. The van der Waals surface area contributed by atoms with Crippen LogP contribution in [0.2, 0.25) is 0 Å². The number of nitrogens with one attached hydrogen (secondary N) is 1. The van der Waals surface area contributed by atoms with Crippen molar-refractivity contribution < 1.29 is 9.72 Å². The molecule has 0 saturated heterocycles. The lowest BCUT2D eigenvalue weighted by Gasteiger charge is -1.90. The maximum atomic E-state index is 10.6. The Morgan fingerprint density at radius 3 is 2.93 bits per heavy atom. The van der Waals surface area contributed by atoms with E-state index in [1.165, 1.54) is 12.1 Å². The third-order valence-corrected chi connectivity index (χ3v) is 1.91. The van der Waals surface area contributed by atoms with E-state index in [-0.39, 0.29) is 16.9 Å². The lowest BCUT2D eigenvalue weighted by atomic mass is 10.2. The molecule has 0 aliphatic rings. The Balaban J connectivity index is 2.82. The normalized spacial score (nSPS) is 10.3. The van der Waals surface area contributed by atoms with Gasteiger partial charge in [0.1, 0.15) is 5.69 Å². The van der Waals surface area contributed by atoms with E-state index in [2.05, 4.69) is 10.2 Å².